The Morgan fingerprint density at radius 2 is 2.04 bits per heavy atom. The fourth-order valence-corrected chi connectivity index (χ4v) is 3.56. The molecule has 2 aromatic rings. The number of carbonyl (C=O) groups is 2. The molecule has 0 spiro atoms. The van der Waals surface area contributed by atoms with Crippen molar-refractivity contribution in [2.45, 2.75) is 39.5 Å². The van der Waals surface area contributed by atoms with Gasteiger partial charge in [0.05, 0.1) is 5.69 Å². The van der Waals surface area contributed by atoms with Gasteiger partial charge in [0.2, 0.25) is 5.91 Å². The summed E-state index contributed by atoms with van der Waals surface area (Å²) in [6.07, 6.45) is 2.99. The van der Waals surface area contributed by atoms with Crippen molar-refractivity contribution >= 4 is 11.8 Å². The molecule has 1 aliphatic rings. The first-order valence-corrected chi connectivity index (χ1v) is 9.76. The van der Waals surface area contributed by atoms with Crippen molar-refractivity contribution < 1.29 is 14.0 Å². The molecule has 28 heavy (non-hydrogen) atoms. The van der Waals surface area contributed by atoms with Crippen LogP contribution in [0.3, 0.4) is 0 Å². The number of H-pyrrole nitrogens is 1. The van der Waals surface area contributed by atoms with E-state index >= 15 is 0 Å². The van der Waals surface area contributed by atoms with Gasteiger partial charge >= 0.3 is 0 Å². The molecule has 2 amide bonds. The molecule has 1 aromatic carbocycles. The average Bonchev–Trinajstić information content (AvgIpc) is 3.03. The van der Waals surface area contributed by atoms with E-state index in [0.29, 0.717) is 31.5 Å². The van der Waals surface area contributed by atoms with E-state index in [9.17, 15) is 14.0 Å². The zero-order chi connectivity index (χ0) is 20.1. The van der Waals surface area contributed by atoms with Crippen LogP contribution in [0.5, 0.6) is 0 Å². The summed E-state index contributed by atoms with van der Waals surface area (Å²) in [5.74, 6) is -0.211. The molecular formula is C21H27FN4O2. The third-order valence-corrected chi connectivity index (χ3v) is 5.46. The number of aromatic amines is 1. The van der Waals surface area contributed by atoms with Crippen molar-refractivity contribution in [3.8, 4) is 0 Å². The summed E-state index contributed by atoms with van der Waals surface area (Å²) >= 11 is 0. The van der Waals surface area contributed by atoms with Gasteiger partial charge in [-0.1, -0.05) is 0 Å². The zero-order valence-electron chi connectivity index (χ0n) is 16.4. The number of rotatable bonds is 6. The third-order valence-electron chi connectivity index (χ3n) is 5.46. The van der Waals surface area contributed by atoms with Gasteiger partial charge in [0.1, 0.15) is 5.82 Å². The van der Waals surface area contributed by atoms with Crippen LogP contribution in [0.1, 0.15) is 46.6 Å². The maximum absolute atomic E-state index is 13.0. The Bertz CT molecular complexity index is 831. The SMILES string of the molecule is Cc1[nH]nc(CCC(=O)N2CCCC(CNC(=O)c3ccc(F)cc3)C2)c1C. The van der Waals surface area contributed by atoms with Crippen LogP contribution in [0, 0.1) is 25.6 Å². The third kappa shape index (κ3) is 4.97. The molecule has 1 aliphatic heterocycles. The molecule has 1 unspecified atom stereocenters. The maximum Gasteiger partial charge on any atom is 0.251 e. The normalized spacial score (nSPS) is 16.8. The van der Waals surface area contributed by atoms with E-state index < -0.39 is 0 Å². The van der Waals surface area contributed by atoms with Gasteiger partial charge in [-0.2, -0.15) is 5.10 Å². The predicted octanol–water partition coefficient (Wildman–Crippen LogP) is 2.77. The molecule has 1 saturated heterocycles. The highest BCUT2D eigenvalue weighted by atomic mass is 19.1. The number of amides is 2. The van der Waals surface area contributed by atoms with Crippen LogP contribution in [0.25, 0.3) is 0 Å². The van der Waals surface area contributed by atoms with Crippen molar-refractivity contribution in [1.29, 1.82) is 0 Å². The Balaban J connectivity index is 1.46. The summed E-state index contributed by atoms with van der Waals surface area (Å²) in [6, 6.07) is 5.50. The lowest BCUT2D eigenvalue weighted by Crippen LogP contribution is -2.43. The lowest BCUT2D eigenvalue weighted by atomic mass is 9.97. The highest BCUT2D eigenvalue weighted by Gasteiger charge is 2.24. The van der Waals surface area contributed by atoms with Crippen LogP contribution < -0.4 is 5.32 Å². The van der Waals surface area contributed by atoms with E-state index in [-0.39, 0.29) is 23.5 Å². The van der Waals surface area contributed by atoms with E-state index in [1.54, 1.807) is 0 Å². The van der Waals surface area contributed by atoms with E-state index in [4.69, 9.17) is 0 Å². The quantitative estimate of drug-likeness (QED) is 0.801. The molecule has 1 aromatic heterocycles. The molecule has 7 heteroatoms. The summed E-state index contributed by atoms with van der Waals surface area (Å²) in [5, 5.41) is 10.1. The Labute approximate surface area is 164 Å². The van der Waals surface area contributed by atoms with Crippen LogP contribution in [0.15, 0.2) is 24.3 Å². The molecule has 2 N–H and O–H groups in total. The highest BCUT2D eigenvalue weighted by molar-refractivity contribution is 5.94. The molecule has 0 radical (unpaired) electrons. The number of aromatic nitrogens is 2. The second-order valence-electron chi connectivity index (χ2n) is 7.49. The molecular weight excluding hydrogens is 359 g/mol. The van der Waals surface area contributed by atoms with Crippen molar-refractivity contribution in [2.75, 3.05) is 19.6 Å². The minimum absolute atomic E-state index is 0.134. The standard InChI is InChI=1S/C21H27FN4O2/c1-14-15(2)24-25-19(14)9-10-20(27)26-11-3-4-16(13-26)12-23-21(28)17-5-7-18(22)8-6-17/h5-8,16H,3-4,9-13H2,1-2H3,(H,23,28)(H,24,25). The number of carbonyl (C=O) groups excluding carboxylic acids is 2. The van der Waals surface area contributed by atoms with Gasteiger partial charge in [0, 0.05) is 43.7 Å². The van der Waals surface area contributed by atoms with Gasteiger partial charge in [-0.25, -0.2) is 4.39 Å². The second-order valence-corrected chi connectivity index (χ2v) is 7.49. The molecule has 0 aliphatic carbocycles. The Morgan fingerprint density at radius 3 is 2.71 bits per heavy atom. The monoisotopic (exact) mass is 386 g/mol. The lowest BCUT2D eigenvalue weighted by molar-refractivity contribution is -0.132. The Hall–Kier alpha value is -2.70. The lowest BCUT2D eigenvalue weighted by Gasteiger charge is -2.33. The number of hydrogen-bond donors (Lipinski definition) is 2. The van der Waals surface area contributed by atoms with Crippen molar-refractivity contribution in [1.82, 2.24) is 20.4 Å². The van der Waals surface area contributed by atoms with Crippen LogP contribution in [-0.2, 0) is 11.2 Å². The largest absolute Gasteiger partial charge is 0.352 e. The van der Waals surface area contributed by atoms with E-state index in [1.807, 2.05) is 18.7 Å². The molecule has 0 saturated carbocycles. The van der Waals surface area contributed by atoms with Gasteiger partial charge < -0.3 is 10.2 Å². The van der Waals surface area contributed by atoms with Crippen LogP contribution in [-0.4, -0.2) is 46.5 Å². The highest BCUT2D eigenvalue weighted by Crippen LogP contribution is 2.18. The number of likely N-dealkylation sites (tertiary alicyclic amines) is 1. The number of nitrogens with one attached hydrogen (secondary N) is 2. The van der Waals surface area contributed by atoms with Crippen LogP contribution in [0.4, 0.5) is 4.39 Å². The summed E-state index contributed by atoms with van der Waals surface area (Å²) in [7, 11) is 0. The number of aryl methyl sites for hydroxylation is 2. The number of benzene rings is 1. The first-order valence-electron chi connectivity index (χ1n) is 9.76. The van der Waals surface area contributed by atoms with E-state index in [0.717, 1.165) is 36.3 Å². The van der Waals surface area contributed by atoms with Crippen LogP contribution in [0.2, 0.25) is 0 Å². The van der Waals surface area contributed by atoms with Gasteiger partial charge in [-0.3, -0.25) is 14.7 Å². The fourth-order valence-electron chi connectivity index (χ4n) is 3.56. The second kappa shape index (κ2) is 8.99. The van der Waals surface area contributed by atoms with Crippen molar-refractivity contribution in [3.05, 3.63) is 52.6 Å². The first kappa shape index (κ1) is 20.0. The molecule has 3 rings (SSSR count). The van der Waals surface area contributed by atoms with Crippen LogP contribution >= 0.6 is 0 Å². The molecule has 2 heterocycles. The average molecular weight is 386 g/mol. The van der Waals surface area contributed by atoms with Gasteiger partial charge in [0.25, 0.3) is 5.91 Å². The first-order chi connectivity index (χ1) is 13.4. The molecule has 6 nitrogen and oxygen atoms in total. The Morgan fingerprint density at radius 1 is 1.29 bits per heavy atom. The summed E-state index contributed by atoms with van der Waals surface area (Å²) in [6.45, 7) is 5.92. The number of nitrogens with zero attached hydrogens (tertiary/aromatic N) is 2. The molecule has 1 atom stereocenters. The van der Waals surface area contributed by atoms with Gasteiger partial charge in [0.15, 0.2) is 0 Å². The number of halogens is 1. The molecule has 0 bridgehead atoms. The van der Waals surface area contributed by atoms with Crippen molar-refractivity contribution in [2.24, 2.45) is 5.92 Å². The maximum atomic E-state index is 13.0. The summed E-state index contributed by atoms with van der Waals surface area (Å²) < 4.78 is 13.0. The predicted molar refractivity (Wildman–Crippen MR) is 104 cm³/mol. The topological polar surface area (TPSA) is 78.1 Å². The van der Waals surface area contributed by atoms with E-state index in [2.05, 4.69) is 15.5 Å². The molecule has 150 valence electrons. The number of piperidine rings is 1. The summed E-state index contributed by atoms with van der Waals surface area (Å²) in [5.41, 5.74) is 3.55. The zero-order valence-corrected chi connectivity index (χ0v) is 16.4. The van der Waals surface area contributed by atoms with Crippen molar-refractivity contribution in [3.63, 3.8) is 0 Å². The van der Waals surface area contributed by atoms with Gasteiger partial charge in [-0.15, -0.1) is 0 Å². The number of hydrogen-bond acceptors (Lipinski definition) is 3. The minimum atomic E-state index is -0.363. The minimum Gasteiger partial charge on any atom is -0.352 e. The smallest absolute Gasteiger partial charge is 0.251 e. The molecule has 1 fully saturated rings. The Kier molecular flexibility index (Phi) is 6.44. The fraction of sp³-hybridized carbons (Fsp3) is 0.476. The van der Waals surface area contributed by atoms with Gasteiger partial charge in [-0.05, 0) is 62.4 Å². The summed E-state index contributed by atoms with van der Waals surface area (Å²) in [4.78, 5) is 26.7. The van der Waals surface area contributed by atoms with E-state index in [1.165, 1.54) is 24.3 Å².